The van der Waals surface area contributed by atoms with Crippen LogP contribution in [0, 0.1) is 0 Å². The lowest BCUT2D eigenvalue weighted by atomic mass is 10.3. The van der Waals surface area contributed by atoms with Gasteiger partial charge in [-0.05, 0) is 11.4 Å². The minimum atomic E-state index is 0.0104. The third-order valence-electron chi connectivity index (χ3n) is 1.32. The average Bonchev–Trinajstić information content (AvgIpc) is 2.75. The van der Waals surface area contributed by atoms with E-state index < -0.39 is 0 Å². The first-order chi connectivity index (χ1) is 5.90. The van der Waals surface area contributed by atoms with Crippen molar-refractivity contribution in [2.75, 3.05) is 0 Å². The molecule has 0 spiro atoms. The van der Waals surface area contributed by atoms with E-state index in [0.29, 0.717) is 12.1 Å². The van der Waals surface area contributed by atoms with E-state index in [9.17, 15) is 4.79 Å². The number of aldehydes is 1. The van der Waals surface area contributed by atoms with E-state index in [1.807, 2.05) is 16.8 Å². The summed E-state index contributed by atoms with van der Waals surface area (Å²) in [6, 6.07) is 1.87. The molecule has 0 saturated carbocycles. The normalized spacial score (nSPS) is 10.0. The summed E-state index contributed by atoms with van der Waals surface area (Å²) in [4.78, 5) is 14.0. The predicted octanol–water partition coefficient (Wildman–Crippen LogP) is 1.61. The maximum Gasteiger partial charge on any atom is 0.291 e. The van der Waals surface area contributed by atoms with Gasteiger partial charge in [0, 0.05) is 10.9 Å². The number of rotatable bonds is 2. The van der Waals surface area contributed by atoms with E-state index in [1.54, 1.807) is 11.3 Å². The number of thiophene rings is 1. The summed E-state index contributed by atoms with van der Waals surface area (Å²) in [6.07, 6.45) is 0.531. The van der Waals surface area contributed by atoms with Crippen LogP contribution in [0.3, 0.4) is 0 Å². The Bertz CT molecular complexity index is 380. The zero-order valence-corrected chi connectivity index (χ0v) is 6.75. The lowest BCUT2D eigenvalue weighted by molar-refractivity contribution is 0.108. The molecule has 0 amide bonds. The van der Waals surface area contributed by atoms with Gasteiger partial charge in [0.15, 0.2) is 0 Å². The molecule has 0 aromatic carbocycles. The summed E-state index contributed by atoms with van der Waals surface area (Å²) in [6.45, 7) is 0. The molecule has 0 fully saturated rings. The molecule has 0 saturated heterocycles. The zero-order valence-electron chi connectivity index (χ0n) is 5.93. The van der Waals surface area contributed by atoms with Crippen LogP contribution in [0.15, 0.2) is 21.3 Å². The summed E-state index contributed by atoms with van der Waals surface area (Å²) in [5.41, 5.74) is 0.872. The van der Waals surface area contributed by atoms with E-state index in [-0.39, 0.29) is 5.89 Å². The van der Waals surface area contributed by atoms with E-state index in [2.05, 4.69) is 14.7 Å². The maximum absolute atomic E-state index is 10.2. The van der Waals surface area contributed by atoms with E-state index in [1.165, 1.54) is 0 Å². The van der Waals surface area contributed by atoms with E-state index in [4.69, 9.17) is 0 Å². The second-order valence-corrected chi connectivity index (χ2v) is 2.87. The lowest BCUT2D eigenvalue weighted by Gasteiger charge is -1.80. The Hall–Kier alpha value is -1.49. The van der Waals surface area contributed by atoms with Crippen LogP contribution in [-0.2, 0) is 0 Å². The Kier molecular flexibility index (Phi) is 1.71. The van der Waals surface area contributed by atoms with Crippen molar-refractivity contribution in [1.29, 1.82) is 0 Å². The van der Waals surface area contributed by atoms with Gasteiger partial charge in [0.1, 0.15) is 0 Å². The van der Waals surface area contributed by atoms with Gasteiger partial charge >= 0.3 is 0 Å². The second-order valence-electron chi connectivity index (χ2n) is 2.09. The zero-order chi connectivity index (χ0) is 8.39. The van der Waals surface area contributed by atoms with Gasteiger partial charge in [-0.3, -0.25) is 4.79 Å². The molecule has 4 nitrogen and oxygen atoms in total. The van der Waals surface area contributed by atoms with Crippen molar-refractivity contribution in [3.8, 4) is 11.4 Å². The number of hydrogen-bond donors (Lipinski definition) is 0. The fraction of sp³-hybridized carbons (Fsp3) is 0. The number of hydrogen-bond acceptors (Lipinski definition) is 5. The smallest absolute Gasteiger partial charge is 0.291 e. The van der Waals surface area contributed by atoms with Crippen LogP contribution < -0.4 is 0 Å². The quantitative estimate of drug-likeness (QED) is 0.659. The standard InChI is InChI=1S/C7H4N2O2S/c10-3-6-8-7(9-11-6)5-1-2-12-4-5/h1-4H. The van der Waals surface area contributed by atoms with Crippen LogP contribution in [0.2, 0.25) is 0 Å². The van der Waals surface area contributed by atoms with Gasteiger partial charge in [0.05, 0.1) is 0 Å². The highest BCUT2D eigenvalue weighted by atomic mass is 32.1. The van der Waals surface area contributed by atoms with Crippen molar-refractivity contribution in [2.24, 2.45) is 0 Å². The average molecular weight is 180 g/mol. The molecule has 12 heavy (non-hydrogen) atoms. The fourth-order valence-corrected chi connectivity index (χ4v) is 1.43. The molecule has 0 unspecified atom stereocenters. The molecule has 2 aromatic rings. The van der Waals surface area contributed by atoms with Crippen LogP contribution in [-0.4, -0.2) is 16.4 Å². The van der Waals surface area contributed by atoms with Crippen molar-refractivity contribution in [1.82, 2.24) is 10.1 Å². The first-order valence-electron chi connectivity index (χ1n) is 3.21. The lowest BCUT2D eigenvalue weighted by Crippen LogP contribution is -1.78. The van der Waals surface area contributed by atoms with Gasteiger partial charge in [0.25, 0.3) is 5.89 Å². The molecule has 2 heterocycles. The molecular formula is C7H4N2O2S. The minimum absolute atomic E-state index is 0.0104. The van der Waals surface area contributed by atoms with Crippen molar-refractivity contribution in [3.63, 3.8) is 0 Å². The van der Waals surface area contributed by atoms with Crippen LogP contribution in [0.25, 0.3) is 11.4 Å². The van der Waals surface area contributed by atoms with Crippen molar-refractivity contribution in [2.45, 2.75) is 0 Å². The summed E-state index contributed by atoms with van der Waals surface area (Å²) in [5, 5.41) is 7.42. The SMILES string of the molecule is O=Cc1nc(-c2ccsc2)no1. The number of carbonyl (C=O) groups excluding carboxylic acids is 1. The number of nitrogens with zero attached hydrogens (tertiary/aromatic N) is 2. The number of aromatic nitrogens is 2. The van der Waals surface area contributed by atoms with Crippen molar-refractivity contribution < 1.29 is 9.32 Å². The van der Waals surface area contributed by atoms with Crippen molar-refractivity contribution >= 4 is 17.6 Å². The molecule has 2 aromatic heterocycles. The Labute approximate surface area is 71.8 Å². The highest BCUT2D eigenvalue weighted by molar-refractivity contribution is 7.08. The highest BCUT2D eigenvalue weighted by Crippen LogP contribution is 2.17. The fourth-order valence-electron chi connectivity index (χ4n) is 0.792. The molecule has 0 aliphatic rings. The molecule has 0 aliphatic heterocycles. The van der Waals surface area contributed by atoms with Crippen molar-refractivity contribution in [3.05, 3.63) is 22.7 Å². The van der Waals surface area contributed by atoms with Gasteiger partial charge in [-0.2, -0.15) is 16.3 Å². The molecule has 60 valence electrons. The first-order valence-corrected chi connectivity index (χ1v) is 4.16. The Morgan fingerprint density at radius 3 is 3.08 bits per heavy atom. The molecule has 0 atom stereocenters. The largest absolute Gasteiger partial charge is 0.331 e. The van der Waals surface area contributed by atoms with E-state index >= 15 is 0 Å². The minimum Gasteiger partial charge on any atom is -0.331 e. The predicted molar refractivity (Wildman–Crippen MR) is 43.0 cm³/mol. The van der Waals surface area contributed by atoms with E-state index in [0.717, 1.165) is 5.56 Å². The van der Waals surface area contributed by atoms with Gasteiger partial charge < -0.3 is 4.52 Å². The van der Waals surface area contributed by atoms with Gasteiger partial charge in [0.2, 0.25) is 12.1 Å². The molecule has 5 heteroatoms. The third kappa shape index (κ3) is 1.14. The van der Waals surface area contributed by atoms with Gasteiger partial charge in [-0.15, -0.1) is 0 Å². The molecule has 0 N–H and O–H groups in total. The Morgan fingerprint density at radius 1 is 1.58 bits per heavy atom. The van der Waals surface area contributed by atoms with Gasteiger partial charge in [-0.1, -0.05) is 5.16 Å². The molecule has 0 aliphatic carbocycles. The molecule has 2 rings (SSSR count). The second kappa shape index (κ2) is 2.86. The third-order valence-corrected chi connectivity index (χ3v) is 2.01. The molecule has 0 radical (unpaired) electrons. The molecular weight excluding hydrogens is 176 g/mol. The molecule has 0 bridgehead atoms. The monoisotopic (exact) mass is 180 g/mol. The Morgan fingerprint density at radius 2 is 2.50 bits per heavy atom. The maximum atomic E-state index is 10.2. The number of carbonyl (C=O) groups is 1. The summed E-state index contributed by atoms with van der Waals surface area (Å²) < 4.78 is 4.61. The topological polar surface area (TPSA) is 56.0 Å². The van der Waals surface area contributed by atoms with Crippen LogP contribution in [0.1, 0.15) is 10.7 Å². The van der Waals surface area contributed by atoms with Crippen LogP contribution in [0.4, 0.5) is 0 Å². The first kappa shape index (κ1) is 7.17. The Balaban J connectivity index is 2.41. The highest BCUT2D eigenvalue weighted by Gasteiger charge is 2.06. The van der Waals surface area contributed by atoms with Crippen LogP contribution >= 0.6 is 11.3 Å². The van der Waals surface area contributed by atoms with Gasteiger partial charge in [-0.25, -0.2) is 0 Å². The summed E-state index contributed by atoms with van der Waals surface area (Å²) >= 11 is 1.54. The summed E-state index contributed by atoms with van der Waals surface area (Å²) in [5.74, 6) is 0.467. The van der Waals surface area contributed by atoms with Crippen LogP contribution in [0.5, 0.6) is 0 Å². The summed E-state index contributed by atoms with van der Waals surface area (Å²) in [7, 11) is 0.